The van der Waals surface area contributed by atoms with Crippen LogP contribution in [0.15, 0.2) is 75.5 Å². The Morgan fingerprint density at radius 2 is 1.70 bits per heavy atom. The molecule has 7 nitrogen and oxygen atoms in total. The van der Waals surface area contributed by atoms with Crippen molar-refractivity contribution in [3.8, 4) is 5.75 Å². The molecular weight excluding hydrogens is 538 g/mol. The lowest BCUT2D eigenvalue weighted by Crippen LogP contribution is -2.43. The van der Waals surface area contributed by atoms with Crippen molar-refractivity contribution in [3.63, 3.8) is 0 Å². The number of ketones is 1. The van der Waals surface area contributed by atoms with Crippen LogP contribution in [0.3, 0.4) is 0 Å². The predicted octanol–water partition coefficient (Wildman–Crippen LogP) is 5.17. The molecule has 0 saturated heterocycles. The van der Waals surface area contributed by atoms with E-state index in [4.69, 9.17) is 14.2 Å². The zero-order valence-corrected chi connectivity index (χ0v) is 22.9. The summed E-state index contributed by atoms with van der Waals surface area (Å²) < 4.78 is 17.2. The number of Topliss-reactive ketones (excluding diaryl/α,β-unsaturated/α-hetero) is 1. The second-order valence-electron chi connectivity index (χ2n) is 8.91. The minimum atomic E-state index is -1.09. The van der Waals surface area contributed by atoms with Crippen LogP contribution in [0, 0.1) is 5.92 Å². The Morgan fingerprint density at radius 3 is 2.35 bits per heavy atom. The molecule has 0 saturated carbocycles. The summed E-state index contributed by atoms with van der Waals surface area (Å²) in [5, 5.41) is 3.31. The Bertz CT molecular complexity index is 1280. The lowest BCUT2D eigenvalue weighted by Gasteiger charge is -2.39. The fourth-order valence-electron chi connectivity index (χ4n) is 5.27. The van der Waals surface area contributed by atoms with Gasteiger partial charge < -0.3 is 19.5 Å². The molecule has 0 unspecified atom stereocenters. The first-order chi connectivity index (χ1) is 17.8. The van der Waals surface area contributed by atoms with Crippen LogP contribution in [0.2, 0.25) is 0 Å². The van der Waals surface area contributed by atoms with Crippen molar-refractivity contribution >= 4 is 33.7 Å². The number of carbonyl (C=O) groups excluding carboxylic acids is 3. The summed E-state index contributed by atoms with van der Waals surface area (Å²) >= 11 is 3.46. The third-order valence-corrected chi connectivity index (χ3v) is 7.33. The van der Waals surface area contributed by atoms with Gasteiger partial charge in [-0.25, -0.2) is 4.79 Å². The van der Waals surface area contributed by atoms with E-state index in [9.17, 15) is 14.4 Å². The fraction of sp³-hybridized carbons (Fsp3) is 0.345. The second kappa shape index (κ2) is 11.3. The number of esters is 2. The Hall–Kier alpha value is -3.39. The van der Waals surface area contributed by atoms with Gasteiger partial charge in [0.2, 0.25) is 0 Å². The van der Waals surface area contributed by atoms with E-state index < -0.39 is 29.7 Å². The van der Waals surface area contributed by atoms with Crippen LogP contribution in [0.5, 0.6) is 5.75 Å². The van der Waals surface area contributed by atoms with Crippen molar-refractivity contribution in [2.75, 3.05) is 20.3 Å². The summed E-state index contributed by atoms with van der Waals surface area (Å²) in [7, 11) is 1.56. The van der Waals surface area contributed by atoms with Crippen molar-refractivity contribution < 1.29 is 28.6 Å². The number of rotatable bonds is 7. The van der Waals surface area contributed by atoms with Crippen molar-refractivity contribution in [1.29, 1.82) is 0 Å². The van der Waals surface area contributed by atoms with Crippen LogP contribution < -0.4 is 10.1 Å². The smallest absolute Gasteiger partial charge is 0.336 e. The molecule has 2 aromatic rings. The number of methoxy groups -OCH3 is 1. The third-order valence-electron chi connectivity index (χ3n) is 6.80. The molecule has 0 fully saturated rings. The van der Waals surface area contributed by atoms with Gasteiger partial charge >= 0.3 is 11.9 Å². The van der Waals surface area contributed by atoms with E-state index >= 15 is 0 Å². The Balaban J connectivity index is 1.91. The zero-order valence-electron chi connectivity index (χ0n) is 21.3. The maximum Gasteiger partial charge on any atom is 0.336 e. The molecule has 0 spiro atoms. The molecule has 4 rings (SSSR count). The normalized spacial score (nSPS) is 21.2. The Labute approximate surface area is 225 Å². The number of allylic oxidation sites excluding steroid dienone is 3. The molecular formula is C29H30BrNO6. The average molecular weight is 568 g/mol. The van der Waals surface area contributed by atoms with E-state index in [2.05, 4.69) is 21.2 Å². The van der Waals surface area contributed by atoms with Crippen molar-refractivity contribution in [3.05, 3.63) is 86.7 Å². The molecule has 0 aromatic heterocycles. The number of dihydropyridines is 1. The van der Waals surface area contributed by atoms with E-state index in [1.54, 1.807) is 21.0 Å². The highest BCUT2D eigenvalue weighted by Gasteiger charge is 2.49. The summed E-state index contributed by atoms with van der Waals surface area (Å²) in [6, 6.07) is 14.9. The predicted molar refractivity (Wildman–Crippen MR) is 142 cm³/mol. The summed E-state index contributed by atoms with van der Waals surface area (Å²) in [5.74, 6) is -3.14. The van der Waals surface area contributed by atoms with Gasteiger partial charge in [0.1, 0.15) is 11.7 Å². The third kappa shape index (κ3) is 5.07. The molecule has 0 radical (unpaired) electrons. The number of ether oxygens (including phenoxy) is 3. The maximum atomic E-state index is 14.3. The van der Waals surface area contributed by atoms with Crippen LogP contribution in [0.25, 0.3) is 0 Å². The van der Waals surface area contributed by atoms with Crippen molar-refractivity contribution in [2.24, 2.45) is 5.92 Å². The number of carbonyl (C=O) groups is 3. The van der Waals surface area contributed by atoms with E-state index in [1.165, 1.54) is 0 Å². The topological polar surface area (TPSA) is 90.9 Å². The number of hydrogen-bond donors (Lipinski definition) is 1. The molecule has 1 aliphatic carbocycles. The van der Waals surface area contributed by atoms with Crippen LogP contribution in [0.4, 0.5) is 0 Å². The largest absolute Gasteiger partial charge is 0.496 e. The summed E-state index contributed by atoms with van der Waals surface area (Å²) in [4.78, 5) is 40.8. The van der Waals surface area contributed by atoms with Gasteiger partial charge in [0.15, 0.2) is 5.78 Å². The van der Waals surface area contributed by atoms with Crippen LogP contribution in [0.1, 0.15) is 50.2 Å². The molecule has 3 atom stereocenters. The van der Waals surface area contributed by atoms with Gasteiger partial charge in [-0.15, -0.1) is 0 Å². The highest BCUT2D eigenvalue weighted by atomic mass is 79.9. The Morgan fingerprint density at radius 1 is 1.03 bits per heavy atom. The molecule has 2 aliphatic rings. The van der Waals surface area contributed by atoms with E-state index in [0.717, 1.165) is 15.6 Å². The van der Waals surface area contributed by atoms with Gasteiger partial charge in [0, 0.05) is 33.3 Å². The number of halogens is 1. The summed E-state index contributed by atoms with van der Waals surface area (Å²) in [6.45, 7) is 5.61. The highest BCUT2D eigenvalue weighted by Crippen LogP contribution is 2.49. The van der Waals surface area contributed by atoms with E-state index in [1.807, 2.05) is 55.5 Å². The molecule has 1 N–H and O–H groups in total. The maximum absolute atomic E-state index is 14.3. The van der Waals surface area contributed by atoms with E-state index in [0.29, 0.717) is 34.7 Å². The highest BCUT2D eigenvalue weighted by molar-refractivity contribution is 9.10. The minimum absolute atomic E-state index is 0.147. The molecule has 37 heavy (non-hydrogen) atoms. The van der Waals surface area contributed by atoms with Gasteiger partial charge in [-0.3, -0.25) is 9.59 Å². The van der Waals surface area contributed by atoms with Gasteiger partial charge in [-0.1, -0.05) is 46.3 Å². The second-order valence-corrected chi connectivity index (χ2v) is 9.82. The first-order valence-electron chi connectivity index (χ1n) is 12.3. The van der Waals surface area contributed by atoms with Crippen molar-refractivity contribution in [1.82, 2.24) is 5.32 Å². The summed E-state index contributed by atoms with van der Waals surface area (Å²) in [5.41, 5.74) is 3.55. The minimum Gasteiger partial charge on any atom is -0.496 e. The molecule has 8 heteroatoms. The van der Waals surface area contributed by atoms with Gasteiger partial charge in [-0.05, 0) is 56.5 Å². The van der Waals surface area contributed by atoms with Crippen molar-refractivity contribution in [2.45, 2.75) is 39.0 Å². The number of para-hydroxylation sites is 1. The Kier molecular flexibility index (Phi) is 8.17. The van der Waals surface area contributed by atoms with Crippen LogP contribution >= 0.6 is 15.9 Å². The number of nitrogens with one attached hydrogen (secondary N) is 1. The standard InChI is InChI=1S/C29H30BrNO6/c1-5-36-28(33)23-16(3)31-21-15-20(19-9-7-8-10-22(19)35-4)25(29(34)37-6-2)27(32)26(21)24(23)17-11-13-18(30)14-12-17/h7-14,20,24-25,31H,5-6,15H2,1-4H3/t20-,24-,25+/m0/s1. The SMILES string of the molecule is CCOC(=O)C1=C(C)NC2=C(C(=O)[C@H](C(=O)OCC)[C@H](c3ccccc3OC)C2)[C@H]1c1ccc(Br)cc1. The number of hydrogen-bond acceptors (Lipinski definition) is 7. The van der Waals surface area contributed by atoms with Gasteiger partial charge in [-0.2, -0.15) is 0 Å². The number of benzene rings is 2. The first-order valence-corrected chi connectivity index (χ1v) is 13.1. The molecule has 1 heterocycles. The monoisotopic (exact) mass is 567 g/mol. The van der Waals surface area contributed by atoms with Crippen LogP contribution in [-0.4, -0.2) is 38.0 Å². The molecule has 194 valence electrons. The van der Waals surface area contributed by atoms with Gasteiger partial charge in [0.05, 0.1) is 25.9 Å². The van der Waals surface area contributed by atoms with Gasteiger partial charge in [0.25, 0.3) is 0 Å². The molecule has 0 amide bonds. The molecule has 1 aliphatic heterocycles. The van der Waals surface area contributed by atoms with Crippen LogP contribution in [-0.2, 0) is 23.9 Å². The quantitative estimate of drug-likeness (QED) is 0.364. The molecule has 2 aromatic carbocycles. The zero-order chi connectivity index (χ0) is 26.7. The fourth-order valence-corrected chi connectivity index (χ4v) is 5.53. The first kappa shape index (κ1) is 26.7. The van der Waals surface area contributed by atoms with E-state index in [-0.39, 0.29) is 19.0 Å². The summed E-state index contributed by atoms with van der Waals surface area (Å²) in [6.07, 6.45) is 0.366. The lowest BCUT2D eigenvalue weighted by atomic mass is 9.67. The molecule has 0 bridgehead atoms. The lowest BCUT2D eigenvalue weighted by molar-refractivity contribution is -0.152. The average Bonchev–Trinajstić information content (AvgIpc) is 2.88.